The van der Waals surface area contributed by atoms with E-state index in [1.54, 1.807) is 12.1 Å². The Morgan fingerprint density at radius 2 is 2.14 bits per heavy atom. The molecule has 0 atom stereocenters. The number of pyridine rings is 1. The Bertz CT molecular complexity index is 441. The Hall–Kier alpha value is -1.62. The van der Waals surface area contributed by atoms with E-state index < -0.39 is 0 Å². The number of hydrogen-bond acceptors (Lipinski definition) is 4. The maximum atomic E-state index is 11.9. The molecule has 0 bridgehead atoms. The van der Waals surface area contributed by atoms with Gasteiger partial charge in [-0.15, -0.1) is 0 Å². The van der Waals surface area contributed by atoms with Crippen LogP contribution in [0, 0.1) is 5.41 Å². The van der Waals surface area contributed by atoms with E-state index in [-0.39, 0.29) is 24.0 Å². The highest BCUT2D eigenvalue weighted by Crippen LogP contribution is 2.20. The number of amides is 1. The summed E-state index contributed by atoms with van der Waals surface area (Å²) in [6.45, 7) is 8.61. The summed E-state index contributed by atoms with van der Waals surface area (Å²) in [6, 6.07) is 3.40. The van der Waals surface area contributed by atoms with Gasteiger partial charge in [0.1, 0.15) is 0 Å². The molecule has 1 amide bonds. The van der Waals surface area contributed by atoms with Crippen LogP contribution in [0.2, 0.25) is 0 Å². The summed E-state index contributed by atoms with van der Waals surface area (Å²) in [5.74, 6) is 0.381. The van der Waals surface area contributed by atoms with Crippen LogP contribution in [-0.2, 0) is 0 Å². The molecule has 1 aromatic rings. The van der Waals surface area contributed by atoms with E-state index in [4.69, 9.17) is 9.84 Å². The van der Waals surface area contributed by atoms with Crippen LogP contribution in [0.5, 0.6) is 5.88 Å². The molecule has 0 aliphatic heterocycles. The maximum Gasteiger partial charge on any atom is 0.252 e. The first-order valence-electron chi connectivity index (χ1n) is 7.36. The lowest BCUT2D eigenvalue weighted by Gasteiger charge is -2.21. The van der Waals surface area contributed by atoms with Gasteiger partial charge in [-0.3, -0.25) is 4.79 Å². The molecule has 0 unspecified atom stereocenters. The van der Waals surface area contributed by atoms with Crippen LogP contribution in [0.3, 0.4) is 0 Å². The lowest BCUT2D eigenvalue weighted by molar-refractivity contribution is 0.0948. The molecule has 0 aliphatic rings. The van der Waals surface area contributed by atoms with Crippen molar-refractivity contribution in [3.05, 3.63) is 23.9 Å². The summed E-state index contributed by atoms with van der Waals surface area (Å²) < 4.78 is 5.43. The fraction of sp³-hybridized carbons (Fsp3) is 0.625. The molecular weight excluding hydrogens is 268 g/mol. The minimum atomic E-state index is -0.139. The van der Waals surface area contributed by atoms with Crippen LogP contribution < -0.4 is 10.1 Å². The molecule has 118 valence electrons. The van der Waals surface area contributed by atoms with Crippen LogP contribution in [0.25, 0.3) is 0 Å². The molecule has 1 rings (SSSR count). The molecule has 2 N–H and O–H groups in total. The fourth-order valence-electron chi connectivity index (χ4n) is 1.78. The highest BCUT2D eigenvalue weighted by atomic mass is 16.5. The molecule has 5 nitrogen and oxygen atoms in total. The highest BCUT2D eigenvalue weighted by molar-refractivity contribution is 5.93. The molecule has 21 heavy (non-hydrogen) atoms. The number of aromatic nitrogens is 1. The number of nitrogens with zero attached hydrogens (tertiary/aromatic N) is 1. The molecule has 0 aromatic carbocycles. The second kappa shape index (κ2) is 7.98. The number of hydrogen-bond donors (Lipinski definition) is 2. The molecular formula is C16H26N2O3. The van der Waals surface area contributed by atoms with Crippen molar-refractivity contribution >= 4 is 5.91 Å². The SMILES string of the molecule is CC(C)Oc1ccc(C(=O)NCCCC(C)(C)CO)cn1. The first kappa shape index (κ1) is 17.4. The normalized spacial score (nSPS) is 11.5. The Labute approximate surface area is 126 Å². The summed E-state index contributed by atoms with van der Waals surface area (Å²) >= 11 is 0. The number of carbonyl (C=O) groups is 1. The molecule has 1 heterocycles. The lowest BCUT2D eigenvalue weighted by Crippen LogP contribution is -2.26. The number of carbonyl (C=O) groups excluding carboxylic acids is 1. The van der Waals surface area contributed by atoms with Crippen molar-refractivity contribution in [3.63, 3.8) is 0 Å². The van der Waals surface area contributed by atoms with Crippen LogP contribution in [-0.4, -0.2) is 35.3 Å². The van der Waals surface area contributed by atoms with Crippen molar-refractivity contribution in [2.45, 2.75) is 46.6 Å². The van der Waals surface area contributed by atoms with Crippen molar-refractivity contribution < 1.29 is 14.6 Å². The van der Waals surface area contributed by atoms with Gasteiger partial charge in [-0.25, -0.2) is 4.98 Å². The standard InChI is InChI=1S/C16H26N2O3/c1-12(2)21-14-7-6-13(10-18-14)15(20)17-9-5-8-16(3,4)11-19/h6-7,10,12,19H,5,8-9,11H2,1-4H3,(H,17,20). The summed E-state index contributed by atoms with van der Waals surface area (Å²) in [5.41, 5.74) is 0.426. The predicted molar refractivity (Wildman–Crippen MR) is 82.4 cm³/mol. The van der Waals surface area contributed by atoms with Gasteiger partial charge >= 0.3 is 0 Å². The highest BCUT2D eigenvalue weighted by Gasteiger charge is 2.15. The number of ether oxygens (including phenoxy) is 1. The zero-order valence-electron chi connectivity index (χ0n) is 13.3. The fourth-order valence-corrected chi connectivity index (χ4v) is 1.78. The summed E-state index contributed by atoms with van der Waals surface area (Å²) in [6.07, 6.45) is 3.28. The van der Waals surface area contributed by atoms with E-state index in [0.29, 0.717) is 18.0 Å². The van der Waals surface area contributed by atoms with E-state index >= 15 is 0 Å². The molecule has 5 heteroatoms. The molecule has 0 spiro atoms. The molecule has 0 saturated carbocycles. The Morgan fingerprint density at radius 1 is 1.43 bits per heavy atom. The number of rotatable bonds is 8. The molecule has 1 aromatic heterocycles. The first-order chi connectivity index (χ1) is 9.84. The minimum Gasteiger partial charge on any atom is -0.475 e. The Kier molecular flexibility index (Phi) is 6.62. The summed E-state index contributed by atoms with van der Waals surface area (Å²) in [4.78, 5) is 16.0. The second-order valence-electron chi connectivity index (χ2n) is 6.23. The largest absolute Gasteiger partial charge is 0.475 e. The lowest BCUT2D eigenvalue weighted by atomic mass is 9.89. The predicted octanol–water partition coefficient (Wildman–Crippen LogP) is 2.40. The van der Waals surface area contributed by atoms with E-state index in [1.807, 2.05) is 27.7 Å². The summed E-state index contributed by atoms with van der Waals surface area (Å²) in [7, 11) is 0. The van der Waals surface area contributed by atoms with Crippen molar-refractivity contribution in [3.8, 4) is 5.88 Å². The minimum absolute atomic E-state index is 0.0621. The van der Waals surface area contributed by atoms with Crippen molar-refractivity contribution in [1.29, 1.82) is 0 Å². The van der Waals surface area contributed by atoms with E-state index in [0.717, 1.165) is 12.8 Å². The van der Waals surface area contributed by atoms with Crippen molar-refractivity contribution in [1.82, 2.24) is 10.3 Å². The van der Waals surface area contributed by atoms with E-state index in [9.17, 15) is 4.79 Å². The average Bonchev–Trinajstić information content (AvgIpc) is 2.43. The molecule has 0 saturated heterocycles. The Balaban J connectivity index is 2.38. The van der Waals surface area contributed by atoms with Crippen LogP contribution in [0.1, 0.15) is 50.9 Å². The van der Waals surface area contributed by atoms with E-state index in [1.165, 1.54) is 6.20 Å². The molecule has 0 aliphatic carbocycles. The Morgan fingerprint density at radius 3 is 2.67 bits per heavy atom. The van der Waals surface area contributed by atoms with Crippen LogP contribution in [0.15, 0.2) is 18.3 Å². The number of aliphatic hydroxyl groups is 1. The van der Waals surface area contributed by atoms with Gasteiger partial charge in [-0.05, 0) is 38.2 Å². The first-order valence-corrected chi connectivity index (χ1v) is 7.36. The third-order valence-corrected chi connectivity index (χ3v) is 3.10. The van der Waals surface area contributed by atoms with E-state index in [2.05, 4.69) is 10.3 Å². The zero-order valence-corrected chi connectivity index (χ0v) is 13.3. The van der Waals surface area contributed by atoms with Crippen LogP contribution >= 0.6 is 0 Å². The third kappa shape index (κ3) is 6.58. The average molecular weight is 294 g/mol. The van der Waals surface area contributed by atoms with Crippen LogP contribution in [0.4, 0.5) is 0 Å². The number of aliphatic hydroxyl groups excluding tert-OH is 1. The van der Waals surface area contributed by atoms with Crippen molar-refractivity contribution in [2.24, 2.45) is 5.41 Å². The monoisotopic (exact) mass is 294 g/mol. The van der Waals surface area contributed by atoms with Crippen molar-refractivity contribution in [2.75, 3.05) is 13.2 Å². The van der Waals surface area contributed by atoms with Gasteiger partial charge in [0.15, 0.2) is 0 Å². The van der Waals surface area contributed by atoms with Gasteiger partial charge in [0.2, 0.25) is 5.88 Å². The smallest absolute Gasteiger partial charge is 0.252 e. The van der Waals surface area contributed by atoms with Gasteiger partial charge < -0.3 is 15.2 Å². The van der Waals surface area contributed by atoms with Gasteiger partial charge in [0, 0.05) is 25.4 Å². The maximum absolute atomic E-state index is 11.9. The summed E-state index contributed by atoms with van der Waals surface area (Å²) in [5, 5.41) is 12.0. The van der Waals surface area contributed by atoms with Gasteiger partial charge in [-0.1, -0.05) is 13.8 Å². The van der Waals surface area contributed by atoms with Gasteiger partial charge in [0.25, 0.3) is 5.91 Å². The molecule has 0 fully saturated rings. The quantitative estimate of drug-likeness (QED) is 0.722. The van der Waals surface area contributed by atoms with Gasteiger partial charge in [0.05, 0.1) is 11.7 Å². The topological polar surface area (TPSA) is 71.5 Å². The molecule has 0 radical (unpaired) electrons. The zero-order chi connectivity index (χ0) is 15.9. The second-order valence-corrected chi connectivity index (χ2v) is 6.23. The third-order valence-electron chi connectivity index (χ3n) is 3.10. The van der Waals surface area contributed by atoms with Gasteiger partial charge in [-0.2, -0.15) is 0 Å². The number of nitrogens with one attached hydrogen (secondary N) is 1.